The number of nitrogens with one attached hydrogen (secondary N) is 1. The van der Waals surface area contributed by atoms with Crippen molar-refractivity contribution < 1.29 is 4.74 Å². The van der Waals surface area contributed by atoms with Crippen molar-refractivity contribution >= 4 is 5.95 Å². The maximum atomic E-state index is 5.53. The Labute approximate surface area is 131 Å². The Hall–Kier alpha value is -2.17. The van der Waals surface area contributed by atoms with Gasteiger partial charge in [0.05, 0.1) is 18.0 Å². The molecule has 5 heteroatoms. The third kappa shape index (κ3) is 3.18. The van der Waals surface area contributed by atoms with Crippen molar-refractivity contribution in [2.75, 3.05) is 18.5 Å². The van der Waals surface area contributed by atoms with E-state index >= 15 is 0 Å². The summed E-state index contributed by atoms with van der Waals surface area (Å²) >= 11 is 0. The van der Waals surface area contributed by atoms with Gasteiger partial charge in [-0.3, -0.25) is 0 Å². The first-order valence-electron chi connectivity index (χ1n) is 8.01. The third-order valence-electron chi connectivity index (χ3n) is 3.96. The van der Waals surface area contributed by atoms with Crippen molar-refractivity contribution in [3.05, 3.63) is 40.7 Å². The Bertz CT molecular complexity index is 657. The molecule has 0 aliphatic carbocycles. The Balaban J connectivity index is 1.59. The standard InChI is InChI=1S/C17H22N4O/c1-3-14-15(4-2)20-21-17(19-14)18-9-7-12-5-6-16-13(11-12)8-10-22-16/h5-6,11H,3-4,7-10H2,1-2H3,(H,18,19,21). The SMILES string of the molecule is CCc1nnc(NCCc2ccc3c(c2)CCO3)nc1CC. The molecule has 0 saturated heterocycles. The first kappa shape index (κ1) is 14.8. The number of hydrogen-bond donors (Lipinski definition) is 1. The summed E-state index contributed by atoms with van der Waals surface area (Å²) in [4.78, 5) is 4.55. The molecule has 0 fully saturated rings. The first-order valence-corrected chi connectivity index (χ1v) is 8.01. The average Bonchev–Trinajstić information content (AvgIpc) is 3.02. The summed E-state index contributed by atoms with van der Waals surface area (Å²) < 4.78 is 5.53. The van der Waals surface area contributed by atoms with E-state index in [0.717, 1.165) is 56.0 Å². The average molecular weight is 298 g/mol. The van der Waals surface area contributed by atoms with Gasteiger partial charge in [-0.1, -0.05) is 26.0 Å². The van der Waals surface area contributed by atoms with Crippen LogP contribution in [0.25, 0.3) is 0 Å². The molecule has 2 heterocycles. The molecular weight excluding hydrogens is 276 g/mol. The summed E-state index contributed by atoms with van der Waals surface area (Å²) in [5, 5.41) is 11.7. The molecule has 1 N–H and O–H groups in total. The van der Waals surface area contributed by atoms with E-state index < -0.39 is 0 Å². The summed E-state index contributed by atoms with van der Waals surface area (Å²) in [6.45, 7) is 5.78. The number of benzene rings is 1. The number of fused-ring (bicyclic) bond motifs is 1. The van der Waals surface area contributed by atoms with Crippen LogP contribution in [0.2, 0.25) is 0 Å². The van der Waals surface area contributed by atoms with Crippen molar-refractivity contribution in [1.29, 1.82) is 0 Å². The van der Waals surface area contributed by atoms with Crippen LogP contribution in [0.15, 0.2) is 18.2 Å². The minimum Gasteiger partial charge on any atom is -0.493 e. The lowest BCUT2D eigenvalue weighted by Gasteiger charge is -2.08. The second-order valence-electron chi connectivity index (χ2n) is 5.45. The molecular formula is C17H22N4O. The lowest BCUT2D eigenvalue weighted by Crippen LogP contribution is -2.12. The van der Waals surface area contributed by atoms with E-state index in [1.165, 1.54) is 11.1 Å². The summed E-state index contributed by atoms with van der Waals surface area (Å²) in [6.07, 6.45) is 3.72. The van der Waals surface area contributed by atoms with Crippen molar-refractivity contribution in [3.8, 4) is 5.75 Å². The smallest absolute Gasteiger partial charge is 0.242 e. The first-order chi connectivity index (χ1) is 10.8. The van der Waals surface area contributed by atoms with Gasteiger partial charge in [-0.25, -0.2) is 4.98 Å². The highest BCUT2D eigenvalue weighted by molar-refractivity contribution is 5.40. The number of aryl methyl sites for hydroxylation is 2. The minimum absolute atomic E-state index is 0.624. The van der Waals surface area contributed by atoms with Gasteiger partial charge in [0.25, 0.3) is 0 Å². The van der Waals surface area contributed by atoms with Crippen LogP contribution in [-0.2, 0) is 25.7 Å². The number of hydrogen-bond acceptors (Lipinski definition) is 5. The highest BCUT2D eigenvalue weighted by Gasteiger charge is 2.12. The van der Waals surface area contributed by atoms with Crippen LogP contribution in [0.4, 0.5) is 5.95 Å². The van der Waals surface area contributed by atoms with Gasteiger partial charge in [0.2, 0.25) is 5.95 Å². The molecule has 5 nitrogen and oxygen atoms in total. The fraction of sp³-hybridized carbons (Fsp3) is 0.471. The molecule has 1 aromatic carbocycles. The van der Waals surface area contributed by atoms with E-state index in [-0.39, 0.29) is 0 Å². The van der Waals surface area contributed by atoms with Crippen LogP contribution in [-0.4, -0.2) is 28.3 Å². The second kappa shape index (κ2) is 6.73. The second-order valence-corrected chi connectivity index (χ2v) is 5.45. The molecule has 0 amide bonds. The van der Waals surface area contributed by atoms with Crippen LogP contribution >= 0.6 is 0 Å². The molecule has 0 saturated carbocycles. The summed E-state index contributed by atoms with van der Waals surface area (Å²) in [5.74, 6) is 1.66. The lowest BCUT2D eigenvalue weighted by atomic mass is 10.1. The number of ether oxygens (including phenoxy) is 1. The highest BCUT2D eigenvalue weighted by Crippen LogP contribution is 2.25. The zero-order valence-electron chi connectivity index (χ0n) is 13.2. The lowest BCUT2D eigenvalue weighted by molar-refractivity contribution is 0.357. The van der Waals surface area contributed by atoms with Crippen LogP contribution in [0.1, 0.15) is 36.4 Å². The Morgan fingerprint density at radius 1 is 1.14 bits per heavy atom. The van der Waals surface area contributed by atoms with E-state index in [1.807, 2.05) is 0 Å². The van der Waals surface area contributed by atoms with Gasteiger partial charge in [-0.15, -0.1) is 5.10 Å². The van der Waals surface area contributed by atoms with E-state index in [4.69, 9.17) is 4.74 Å². The minimum atomic E-state index is 0.624. The highest BCUT2D eigenvalue weighted by atomic mass is 16.5. The number of nitrogens with zero attached hydrogens (tertiary/aromatic N) is 3. The van der Waals surface area contributed by atoms with E-state index in [0.29, 0.717) is 5.95 Å². The molecule has 1 aliphatic heterocycles. The van der Waals surface area contributed by atoms with Gasteiger partial charge in [-0.05, 0) is 36.5 Å². The van der Waals surface area contributed by atoms with Crippen LogP contribution in [0.5, 0.6) is 5.75 Å². The molecule has 116 valence electrons. The summed E-state index contributed by atoms with van der Waals surface area (Å²) in [7, 11) is 0. The Kier molecular flexibility index (Phi) is 4.51. The number of anilines is 1. The van der Waals surface area contributed by atoms with Crippen molar-refractivity contribution in [2.45, 2.75) is 39.5 Å². The molecule has 0 unspecified atom stereocenters. The summed E-state index contributed by atoms with van der Waals surface area (Å²) in [5.41, 5.74) is 4.66. The molecule has 0 spiro atoms. The van der Waals surface area contributed by atoms with E-state index in [1.54, 1.807) is 0 Å². The summed E-state index contributed by atoms with van der Waals surface area (Å²) in [6, 6.07) is 6.43. The molecule has 22 heavy (non-hydrogen) atoms. The largest absolute Gasteiger partial charge is 0.493 e. The fourth-order valence-electron chi connectivity index (χ4n) is 2.73. The molecule has 0 radical (unpaired) electrons. The molecule has 2 aromatic rings. The van der Waals surface area contributed by atoms with Crippen molar-refractivity contribution in [3.63, 3.8) is 0 Å². The predicted octanol–water partition coefficient (Wildman–Crippen LogP) is 2.59. The number of rotatable bonds is 6. The Morgan fingerprint density at radius 3 is 2.82 bits per heavy atom. The molecule has 0 bridgehead atoms. The molecule has 0 atom stereocenters. The molecule has 1 aliphatic rings. The van der Waals surface area contributed by atoms with Crippen LogP contribution in [0.3, 0.4) is 0 Å². The van der Waals surface area contributed by atoms with Gasteiger partial charge >= 0.3 is 0 Å². The van der Waals surface area contributed by atoms with Gasteiger partial charge in [0, 0.05) is 13.0 Å². The monoisotopic (exact) mass is 298 g/mol. The van der Waals surface area contributed by atoms with Gasteiger partial charge in [0.1, 0.15) is 5.75 Å². The third-order valence-corrected chi connectivity index (χ3v) is 3.96. The van der Waals surface area contributed by atoms with Gasteiger partial charge < -0.3 is 10.1 Å². The van der Waals surface area contributed by atoms with Gasteiger partial charge in [-0.2, -0.15) is 5.10 Å². The predicted molar refractivity (Wildman–Crippen MR) is 86.4 cm³/mol. The quantitative estimate of drug-likeness (QED) is 0.888. The maximum absolute atomic E-state index is 5.53. The number of aromatic nitrogens is 3. The van der Waals surface area contributed by atoms with Crippen molar-refractivity contribution in [2.24, 2.45) is 0 Å². The van der Waals surface area contributed by atoms with Crippen LogP contribution < -0.4 is 10.1 Å². The van der Waals surface area contributed by atoms with Gasteiger partial charge in [0.15, 0.2) is 0 Å². The fourth-order valence-corrected chi connectivity index (χ4v) is 2.73. The van der Waals surface area contributed by atoms with E-state index in [9.17, 15) is 0 Å². The van der Waals surface area contributed by atoms with Crippen LogP contribution in [0, 0.1) is 0 Å². The molecule has 1 aromatic heterocycles. The maximum Gasteiger partial charge on any atom is 0.242 e. The topological polar surface area (TPSA) is 59.9 Å². The Morgan fingerprint density at radius 2 is 2.00 bits per heavy atom. The van der Waals surface area contributed by atoms with Crippen molar-refractivity contribution in [1.82, 2.24) is 15.2 Å². The normalized spacial score (nSPS) is 12.8. The zero-order chi connectivity index (χ0) is 15.4. The molecule has 3 rings (SSSR count). The van der Waals surface area contributed by atoms with E-state index in [2.05, 4.69) is 52.5 Å². The zero-order valence-corrected chi connectivity index (χ0v) is 13.2.